The quantitative estimate of drug-likeness (QED) is 0.100. The molecule has 2 aromatic carbocycles. The predicted octanol–water partition coefficient (Wildman–Crippen LogP) is 16.9. The van der Waals surface area contributed by atoms with Gasteiger partial charge in [-0.25, -0.2) is 4.79 Å². The van der Waals surface area contributed by atoms with Gasteiger partial charge < -0.3 is 27.7 Å². The maximum atomic E-state index is 11.2. The fraction of sp³-hybridized carbons (Fsp3) is 0.205. The van der Waals surface area contributed by atoms with Gasteiger partial charge in [-0.15, -0.1) is 45.3 Å². The normalized spacial score (nSPS) is 11.3. The molecule has 0 atom stereocenters. The first kappa shape index (κ1) is 57.3. The van der Waals surface area contributed by atoms with Crippen LogP contribution < -0.4 is 0 Å². The number of aromatic carboxylic acids is 1. The molecule has 0 aliphatic heterocycles. The third kappa shape index (κ3) is 20.5. The van der Waals surface area contributed by atoms with Crippen LogP contribution in [0.3, 0.4) is 0 Å². The van der Waals surface area contributed by atoms with E-state index in [1.54, 1.807) is 57.5 Å². The molecule has 0 unspecified atom stereocenters. The van der Waals surface area contributed by atoms with E-state index in [0.717, 1.165) is 69.8 Å². The van der Waals surface area contributed by atoms with Gasteiger partial charge in [-0.2, -0.15) is 10.5 Å². The minimum Gasteiger partial charge on any atom is -0.478 e. The molecule has 1 radical (unpaired) electrons. The van der Waals surface area contributed by atoms with Crippen molar-refractivity contribution in [3.8, 4) is 12.1 Å². The minimum atomic E-state index is -0.862. The molecule has 4 heterocycles. The molecule has 5 nitrogen and oxygen atoms in total. The number of nitrogens with zero attached hydrogens (tertiary/aromatic N) is 2. The number of rotatable bonds is 1. The number of carboxylic acid groups (broad SMARTS) is 1. The molecule has 0 spiro atoms. The molecule has 0 saturated carbocycles. The van der Waals surface area contributed by atoms with E-state index in [1.165, 1.54) is 16.9 Å². The summed E-state index contributed by atoms with van der Waals surface area (Å²) in [7, 11) is 0. The fourth-order valence-electron chi connectivity index (χ4n) is 4.94. The number of thiophene rings is 4. The second-order valence-electron chi connectivity index (χ2n) is 10.1. The van der Waals surface area contributed by atoms with Gasteiger partial charge in [-0.05, 0) is 101 Å². The Labute approximate surface area is 453 Å². The van der Waals surface area contributed by atoms with Crippen LogP contribution in [0.15, 0.2) is 88.3 Å². The standard InChI is InChI=1S/C9H7NS.C9H5NS.C9H6O2S.C8H8OS.CHI3.CH2I2.CH3I.CH2I.V/c2*10-6-7-2-1-3-9-8(7)4-5-11-9;10-9(11)7-2-1-3-8-6(7)4-5-12-8;9-7-2-1-3-8-6(7)4-5-10-8;2-1(3)4;2-1-3;2*1-2;/h2,4-5H,1,3H2;1-5H;1-5H,(H,10,11);4-5H,1-3H2;1H;1H2;1H3;1H2;/q;;;;;;;-1;. The number of carboxylic acids is 1. The second-order valence-corrected chi connectivity index (χ2v) is 29.3. The molecule has 0 fully saturated rings. The van der Waals surface area contributed by atoms with Crippen LogP contribution in [0.4, 0.5) is 0 Å². The molecule has 2 aliphatic rings. The van der Waals surface area contributed by atoms with E-state index in [2.05, 4.69) is 158 Å². The molecule has 4 aromatic heterocycles. The average molecular weight is 1650 g/mol. The molecule has 56 heavy (non-hydrogen) atoms. The van der Waals surface area contributed by atoms with Crippen molar-refractivity contribution in [3.63, 3.8) is 0 Å². The van der Waals surface area contributed by atoms with Crippen LogP contribution in [0.1, 0.15) is 60.9 Å². The first-order valence-corrected chi connectivity index (χ1v) is 29.6. The molecule has 297 valence electrons. The van der Waals surface area contributed by atoms with Crippen LogP contribution in [0.25, 0.3) is 25.7 Å². The summed E-state index contributed by atoms with van der Waals surface area (Å²) in [6.45, 7) is 0. The summed E-state index contributed by atoms with van der Waals surface area (Å²) in [5.41, 5.74) is 4.14. The van der Waals surface area contributed by atoms with Gasteiger partial charge in [0.25, 0.3) is 0 Å². The van der Waals surface area contributed by atoms with Crippen molar-refractivity contribution < 1.29 is 33.3 Å². The Morgan fingerprint density at radius 2 is 1.27 bits per heavy atom. The predicted molar refractivity (Wildman–Crippen MR) is 301 cm³/mol. The maximum absolute atomic E-state index is 11.2. The number of allylic oxidation sites excluding steroid dienone is 2. The Balaban J connectivity index is 0.000000660. The molecule has 6 aromatic rings. The zero-order valence-electron chi connectivity index (χ0n) is 29.6. The van der Waals surface area contributed by atoms with Gasteiger partial charge in [-0.3, -0.25) is 9.73 Å². The summed E-state index contributed by atoms with van der Waals surface area (Å²) in [5, 5.41) is 36.1. The van der Waals surface area contributed by atoms with E-state index in [-0.39, 0.29) is 18.6 Å². The molecule has 0 bridgehead atoms. The number of hydrogen-bond acceptors (Lipinski definition) is 8. The Bertz CT molecular complexity index is 2150. The Morgan fingerprint density at radius 3 is 1.80 bits per heavy atom. The van der Waals surface area contributed by atoms with Crippen LogP contribution in [0.2, 0.25) is 0 Å². The largest absolute Gasteiger partial charge is 0.478 e. The number of nitriles is 2. The van der Waals surface area contributed by atoms with Gasteiger partial charge in [0, 0.05) is 66.0 Å². The van der Waals surface area contributed by atoms with E-state index < -0.39 is 5.97 Å². The Morgan fingerprint density at radius 1 is 0.768 bits per heavy atom. The average Bonchev–Trinajstić information content (AvgIpc) is 4.04. The van der Waals surface area contributed by atoms with Gasteiger partial charge in [-0.1, -0.05) is 154 Å². The Kier molecular flexibility index (Phi) is 35.7. The number of aryl methyl sites for hydroxylation is 2. The molecular weight excluding hydrogens is 1610 g/mol. The number of hydrogen-bond donors (Lipinski definition) is 1. The van der Waals surface area contributed by atoms with E-state index in [0.29, 0.717) is 11.3 Å². The molecule has 0 saturated heterocycles. The smallest absolute Gasteiger partial charge is 0.336 e. The second kappa shape index (κ2) is 34.9. The molecular formula is C39H34I7N2O3S4V-. The summed E-state index contributed by atoms with van der Waals surface area (Å²) >= 11 is 22.2. The van der Waals surface area contributed by atoms with E-state index >= 15 is 0 Å². The van der Waals surface area contributed by atoms with Crippen molar-refractivity contribution >= 4 is 241 Å². The van der Waals surface area contributed by atoms with Crippen LogP contribution in [0, 0.1) is 27.6 Å². The molecule has 1 N–H and O–H groups in total. The number of carbonyl (C=O) groups is 2. The number of Topliss-reactive ketones (excluding diaryl/α,β-unsaturated/α-hetero) is 1. The summed E-state index contributed by atoms with van der Waals surface area (Å²) in [4.78, 5) is 29.7. The first-order chi connectivity index (χ1) is 26.6. The number of fused-ring (bicyclic) bond motifs is 4. The van der Waals surface area contributed by atoms with E-state index in [1.807, 2.05) is 98.3 Å². The zero-order chi connectivity index (χ0) is 41.2. The van der Waals surface area contributed by atoms with E-state index in [9.17, 15) is 9.59 Å². The number of ketones is 1. The number of carbonyl (C=O) groups excluding carboxylic acids is 1. The summed E-state index contributed by atoms with van der Waals surface area (Å²) < 4.78 is 4.14. The monoisotopic (exact) mass is 1650 g/mol. The fourth-order valence-corrected chi connectivity index (χ4v) is 8.41. The molecule has 0 amide bonds. The van der Waals surface area contributed by atoms with Crippen molar-refractivity contribution in [2.24, 2.45) is 0 Å². The number of benzene rings is 2. The zero-order valence-corrected chi connectivity index (χ0v) is 49.3. The van der Waals surface area contributed by atoms with Crippen molar-refractivity contribution in [1.82, 2.24) is 0 Å². The van der Waals surface area contributed by atoms with E-state index in [4.69, 9.17) is 15.6 Å². The Hall–Kier alpha value is 1.31. The number of alkyl halides is 6. The summed E-state index contributed by atoms with van der Waals surface area (Å²) in [5.74, 6) is -0.526. The van der Waals surface area contributed by atoms with Gasteiger partial charge in [0.1, 0.15) is -0.0619 Å². The SMILES string of the molecule is CI.IC(I)I.ICI.N#CC1=CCCc2sccc21.N#Cc1cccc2sccc12.O=C(O)c1cccc2sccc12.O=C1CCCc2sccc21.[CH2-]I.[V]. The van der Waals surface area contributed by atoms with Crippen LogP contribution in [-0.2, 0) is 31.4 Å². The van der Waals surface area contributed by atoms with Gasteiger partial charge >= 0.3 is 5.97 Å². The van der Waals surface area contributed by atoms with Crippen LogP contribution >= 0.6 is 203 Å². The van der Waals surface area contributed by atoms with Gasteiger partial charge in [0.15, 0.2) is 5.78 Å². The third-order valence-electron chi connectivity index (χ3n) is 7.07. The van der Waals surface area contributed by atoms with Crippen molar-refractivity contribution in [3.05, 3.63) is 125 Å². The van der Waals surface area contributed by atoms with Crippen LogP contribution in [-0.4, -0.2) is 24.2 Å². The summed E-state index contributed by atoms with van der Waals surface area (Å²) in [6, 6.07) is 23.3. The minimum absolute atomic E-state index is 0. The first-order valence-electron chi connectivity index (χ1n) is 15.7. The van der Waals surface area contributed by atoms with Crippen molar-refractivity contribution in [2.75, 3.05) is 7.36 Å². The maximum Gasteiger partial charge on any atom is 0.336 e. The number of halogens is 7. The van der Waals surface area contributed by atoms with Crippen molar-refractivity contribution in [2.45, 2.75) is 32.0 Å². The topological polar surface area (TPSA) is 102 Å². The molecule has 8 rings (SSSR count). The van der Waals surface area contributed by atoms with Crippen LogP contribution in [0.5, 0.6) is 0 Å². The molecule has 17 heteroatoms. The third-order valence-corrected chi connectivity index (χ3v) is 10.8. The van der Waals surface area contributed by atoms with Gasteiger partial charge in [0.05, 0.1) is 31.3 Å². The van der Waals surface area contributed by atoms with Crippen molar-refractivity contribution in [1.29, 1.82) is 10.5 Å². The van der Waals surface area contributed by atoms with Gasteiger partial charge in [0.2, 0.25) is 0 Å². The molecule has 2 aliphatic carbocycles. The summed E-state index contributed by atoms with van der Waals surface area (Å²) in [6.07, 6.45) is 7.07.